The van der Waals surface area contributed by atoms with E-state index in [1.807, 2.05) is 20.8 Å². The number of nitrogens with zero attached hydrogens (tertiary/aromatic N) is 2. The molecule has 0 aliphatic heterocycles. The van der Waals surface area contributed by atoms with Gasteiger partial charge in [0.2, 0.25) is 0 Å². The Bertz CT molecular complexity index is 387. The van der Waals surface area contributed by atoms with E-state index in [4.69, 9.17) is 0 Å². The number of hydrogen-bond donors (Lipinski definition) is 2. The number of aryl methyl sites for hydroxylation is 1. The molecule has 16 heavy (non-hydrogen) atoms. The van der Waals surface area contributed by atoms with Crippen LogP contribution in [0.5, 0.6) is 0 Å². The second-order valence-corrected chi connectivity index (χ2v) is 5.13. The molecule has 2 N–H and O–H groups in total. The monoisotopic (exact) mass is 227 g/mol. The highest BCUT2D eigenvalue weighted by Gasteiger charge is 2.13. The van der Waals surface area contributed by atoms with Gasteiger partial charge in [-0.05, 0) is 20.8 Å². The molecule has 0 aromatic carbocycles. The average molecular weight is 227 g/mol. The molecule has 92 valence electrons. The molecule has 0 saturated carbocycles. The lowest BCUT2D eigenvalue weighted by atomic mass is 10.1. The molecule has 1 unspecified atom stereocenters. The van der Waals surface area contributed by atoms with Crippen LogP contribution in [-0.2, 0) is 13.6 Å². The van der Waals surface area contributed by atoms with Crippen molar-refractivity contribution in [2.75, 3.05) is 6.54 Å². The molecule has 0 radical (unpaired) electrons. The Morgan fingerprint density at radius 3 is 2.50 bits per heavy atom. The third-order valence-electron chi connectivity index (χ3n) is 2.29. The Labute approximate surface area is 95.7 Å². The SMILES string of the molecule is Cn1ccn(CC(O)CNC(C)(C)C)c1=O. The van der Waals surface area contributed by atoms with E-state index in [1.54, 1.807) is 19.4 Å². The lowest BCUT2D eigenvalue weighted by molar-refractivity contribution is 0.140. The van der Waals surface area contributed by atoms with Gasteiger partial charge in [0.25, 0.3) is 0 Å². The quantitative estimate of drug-likeness (QED) is 0.757. The molecule has 0 aliphatic rings. The minimum absolute atomic E-state index is 0.0252. The summed E-state index contributed by atoms with van der Waals surface area (Å²) in [7, 11) is 1.69. The third kappa shape index (κ3) is 3.83. The highest BCUT2D eigenvalue weighted by atomic mass is 16.3. The Morgan fingerprint density at radius 1 is 1.44 bits per heavy atom. The van der Waals surface area contributed by atoms with Crippen LogP contribution in [0.15, 0.2) is 17.2 Å². The zero-order valence-electron chi connectivity index (χ0n) is 10.4. The largest absolute Gasteiger partial charge is 0.390 e. The van der Waals surface area contributed by atoms with Gasteiger partial charge >= 0.3 is 5.69 Å². The van der Waals surface area contributed by atoms with Crippen molar-refractivity contribution in [1.29, 1.82) is 0 Å². The van der Waals surface area contributed by atoms with E-state index < -0.39 is 6.10 Å². The van der Waals surface area contributed by atoms with Crippen LogP contribution in [-0.4, -0.2) is 32.4 Å². The first-order chi connectivity index (χ1) is 7.29. The highest BCUT2D eigenvalue weighted by molar-refractivity contribution is 4.81. The molecule has 0 saturated heterocycles. The van der Waals surface area contributed by atoms with Crippen LogP contribution in [0.2, 0.25) is 0 Å². The van der Waals surface area contributed by atoms with Crippen LogP contribution in [0.1, 0.15) is 20.8 Å². The van der Waals surface area contributed by atoms with Gasteiger partial charge in [-0.3, -0.25) is 4.57 Å². The molecule has 1 heterocycles. The number of aromatic nitrogens is 2. The van der Waals surface area contributed by atoms with Crippen molar-refractivity contribution in [2.45, 2.75) is 39.0 Å². The van der Waals surface area contributed by atoms with E-state index in [2.05, 4.69) is 5.32 Å². The zero-order chi connectivity index (χ0) is 12.3. The van der Waals surface area contributed by atoms with Crippen molar-refractivity contribution in [3.63, 3.8) is 0 Å². The van der Waals surface area contributed by atoms with Crippen LogP contribution in [0, 0.1) is 0 Å². The summed E-state index contributed by atoms with van der Waals surface area (Å²) in [6.07, 6.45) is 2.81. The molecule has 1 rings (SSSR count). The van der Waals surface area contributed by atoms with Gasteiger partial charge in [-0.25, -0.2) is 4.79 Å². The van der Waals surface area contributed by atoms with Gasteiger partial charge in [-0.2, -0.15) is 0 Å². The third-order valence-corrected chi connectivity index (χ3v) is 2.29. The van der Waals surface area contributed by atoms with Crippen LogP contribution in [0.4, 0.5) is 0 Å². The first-order valence-corrected chi connectivity index (χ1v) is 5.44. The zero-order valence-corrected chi connectivity index (χ0v) is 10.4. The molecule has 0 amide bonds. The number of nitrogens with one attached hydrogen (secondary N) is 1. The van der Waals surface area contributed by atoms with Crippen LogP contribution >= 0.6 is 0 Å². The maximum atomic E-state index is 11.5. The number of β-amino-alcohol motifs (C(OH)–C–C–N with tert-alkyl or cyclic N) is 1. The van der Waals surface area contributed by atoms with Crippen LogP contribution < -0.4 is 11.0 Å². The molecule has 1 aromatic rings. The fraction of sp³-hybridized carbons (Fsp3) is 0.727. The van der Waals surface area contributed by atoms with Crippen molar-refractivity contribution in [3.05, 3.63) is 22.9 Å². The molecule has 1 atom stereocenters. The lowest BCUT2D eigenvalue weighted by Gasteiger charge is -2.22. The Hall–Kier alpha value is -1.07. The van der Waals surface area contributed by atoms with Crippen LogP contribution in [0.25, 0.3) is 0 Å². The first kappa shape index (κ1) is 13.0. The van der Waals surface area contributed by atoms with E-state index >= 15 is 0 Å². The molecular formula is C11H21N3O2. The minimum Gasteiger partial charge on any atom is -0.390 e. The van der Waals surface area contributed by atoms with Crippen LogP contribution in [0.3, 0.4) is 0 Å². The topological polar surface area (TPSA) is 59.2 Å². The van der Waals surface area contributed by atoms with Crippen molar-refractivity contribution in [1.82, 2.24) is 14.5 Å². The van der Waals surface area contributed by atoms with Gasteiger partial charge < -0.3 is 15.0 Å². The van der Waals surface area contributed by atoms with Crippen molar-refractivity contribution >= 4 is 0 Å². The van der Waals surface area contributed by atoms with E-state index in [1.165, 1.54) is 9.13 Å². The molecule has 5 heteroatoms. The summed E-state index contributed by atoms with van der Waals surface area (Å²) in [6.45, 7) is 6.91. The summed E-state index contributed by atoms with van der Waals surface area (Å²) < 4.78 is 3.00. The first-order valence-electron chi connectivity index (χ1n) is 5.44. The predicted molar refractivity (Wildman–Crippen MR) is 63.4 cm³/mol. The molecule has 1 aromatic heterocycles. The van der Waals surface area contributed by atoms with E-state index in [0.717, 1.165) is 0 Å². The van der Waals surface area contributed by atoms with Gasteiger partial charge in [-0.15, -0.1) is 0 Å². The van der Waals surface area contributed by atoms with Gasteiger partial charge in [0.15, 0.2) is 0 Å². The number of hydrogen-bond acceptors (Lipinski definition) is 3. The standard InChI is InChI=1S/C11H21N3O2/c1-11(2,3)12-7-9(15)8-14-6-5-13(4)10(14)16/h5-6,9,12,15H,7-8H2,1-4H3. The summed E-state index contributed by atoms with van der Waals surface area (Å²) in [5, 5.41) is 13.0. The molecular weight excluding hydrogens is 206 g/mol. The number of aliphatic hydroxyl groups excluding tert-OH is 1. The normalized spacial score (nSPS) is 14.1. The molecule has 0 spiro atoms. The highest BCUT2D eigenvalue weighted by Crippen LogP contribution is 1.99. The molecule has 0 fully saturated rings. The smallest absolute Gasteiger partial charge is 0.327 e. The second-order valence-electron chi connectivity index (χ2n) is 5.13. The minimum atomic E-state index is -0.556. The summed E-state index contributed by atoms with van der Waals surface area (Å²) in [5.74, 6) is 0. The van der Waals surface area contributed by atoms with Crippen molar-refractivity contribution in [2.24, 2.45) is 7.05 Å². The summed E-state index contributed by atoms with van der Waals surface area (Å²) in [5.41, 5.74) is -0.127. The fourth-order valence-electron chi connectivity index (χ4n) is 1.37. The van der Waals surface area contributed by atoms with Gasteiger partial charge in [0.05, 0.1) is 12.6 Å². The summed E-state index contributed by atoms with van der Waals surface area (Å²) in [4.78, 5) is 11.5. The maximum absolute atomic E-state index is 11.5. The van der Waals surface area contributed by atoms with E-state index in [9.17, 15) is 9.90 Å². The second kappa shape index (κ2) is 4.84. The fourth-order valence-corrected chi connectivity index (χ4v) is 1.37. The van der Waals surface area contributed by atoms with E-state index in [0.29, 0.717) is 13.1 Å². The lowest BCUT2D eigenvalue weighted by Crippen LogP contribution is -2.42. The Kier molecular flexibility index (Phi) is 3.93. The molecule has 0 aliphatic carbocycles. The molecule has 0 bridgehead atoms. The predicted octanol–water partition coefficient (Wildman–Crippen LogP) is -0.0642. The Balaban J connectivity index is 2.49. The van der Waals surface area contributed by atoms with Gasteiger partial charge in [0.1, 0.15) is 0 Å². The number of imidazole rings is 1. The number of aliphatic hydroxyl groups is 1. The van der Waals surface area contributed by atoms with Crippen molar-refractivity contribution < 1.29 is 5.11 Å². The van der Waals surface area contributed by atoms with Crippen molar-refractivity contribution in [3.8, 4) is 0 Å². The summed E-state index contributed by atoms with van der Waals surface area (Å²) in [6, 6.07) is 0. The Morgan fingerprint density at radius 2 is 2.06 bits per heavy atom. The maximum Gasteiger partial charge on any atom is 0.327 e. The molecule has 5 nitrogen and oxygen atoms in total. The average Bonchev–Trinajstić information content (AvgIpc) is 2.46. The number of rotatable bonds is 4. The van der Waals surface area contributed by atoms with Gasteiger partial charge in [0, 0.05) is 31.5 Å². The van der Waals surface area contributed by atoms with E-state index in [-0.39, 0.29) is 11.2 Å². The summed E-state index contributed by atoms with van der Waals surface area (Å²) >= 11 is 0. The van der Waals surface area contributed by atoms with Gasteiger partial charge in [-0.1, -0.05) is 0 Å².